The van der Waals surface area contributed by atoms with Gasteiger partial charge in [-0.15, -0.1) is 0 Å². The van der Waals surface area contributed by atoms with E-state index in [4.69, 9.17) is 5.73 Å². The molecule has 0 bridgehead atoms. The highest BCUT2D eigenvalue weighted by Crippen LogP contribution is 2.12. The second-order valence-corrected chi connectivity index (χ2v) is 4.70. The Kier molecular flexibility index (Phi) is 5.96. The van der Waals surface area contributed by atoms with Crippen molar-refractivity contribution in [2.75, 3.05) is 18.8 Å². The zero-order valence-corrected chi connectivity index (χ0v) is 10.3. The van der Waals surface area contributed by atoms with Crippen LogP contribution in [0.25, 0.3) is 0 Å². The molecule has 0 spiro atoms. The summed E-state index contributed by atoms with van der Waals surface area (Å²) in [7, 11) is 0. The first-order valence-corrected chi connectivity index (χ1v) is 6.48. The van der Waals surface area contributed by atoms with Gasteiger partial charge < -0.3 is 11.1 Å². The molecule has 1 rings (SSSR count). The molecule has 0 radical (unpaired) electrons. The van der Waals surface area contributed by atoms with Crippen LogP contribution in [0.15, 0.2) is 24.3 Å². The normalized spacial score (nSPS) is 10.1. The standard InChI is InChI=1S/C12H18N2OS/c1-10-2-4-11(5-3-10)9-16-7-6-14-12(15)8-13/h2-5H,6-9,13H2,1H3,(H,14,15). The van der Waals surface area contributed by atoms with E-state index in [1.54, 1.807) is 0 Å². The highest BCUT2D eigenvalue weighted by molar-refractivity contribution is 7.98. The van der Waals surface area contributed by atoms with Crippen LogP contribution in [0.2, 0.25) is 0 Å². The fraction of sp³-hybridized carbons (Fsp3) is 0.417. The van der Waals surface area contributed by atoms with Gasteiger partial charge in [-0.05, 0) is 12.5 Å². The Balaban J connectivity index is 2.11. The number of nitrogens with one attached hydrogen (secondary N) is 1. The minimum Gasteiger partial charge on any atom is -0.354 e. The molecule has 16 heavy (non-hydrogen) atoms. The van der Waals surface area contributed by atoms with E-state index in [0.29, 0.717) is 6.54 Å². The van der Waals surface area contributed by atoms with Crippen molar-refractivity contribution in [3.8, 4) is 0 Å². The van der Waals surface area contributed by atoms with Gasteiger partial charge in [0.25, 0.3) is 0 Å². The van der Waals surface area contributed by atoms with E-state index in [1.807, 2.05) is 11.8 Å². The number of thioether (sulfide) groups is 1. The fourth-order valence-electron chi connectivity index (χ4n) is 1.21. The number of carbonyl (C=O) groups excluding carboxylic acids is 1. The molecule has 0 aromatic heterocycles. The van der Waals surface area contributed by atoms with Crippen molar-refractivity contribution in [1.82, 2.24) is 5.32 Å². The molecule has 0 aliphatic rings. The van der Waals surface area contributed by atoms with Gasteiger partial charge in [0.2, 0.25) is 5.91 Å². The largest absolute Gasteiger partial charge is 0.354 e. The van der Waals surface area contributed by atoms with E-state index in [2.05, 4.69) is 36.5 Å². The molecule has 0 saturated carbocycles. The Bertz CT molecular complexity index is 324. The molecular formula is C12H18N2OS. The van der Waals surface area contributed by atoms with Crippen LogP contribution < -0.4 is 11.1 Å². The van der Waals surface area contributed by atoms with Crippen LogP contribution in [0.5, 0.6) is 0 Å². The quantitative estimate of drug-likeness (QED) is 0.735. The Morgan fingerprint density at radius 2 is 2.06 bits per heavy atom. The summed E-state index contributed by atoms with van der Waals surface area (Å²) in [6.45, 7) is 2.84. The van der Waals surface area contributed by atoms with Gasteiger partial charge in [0.1, 0.15) is 0 Å². The number of hydrogen-bond donors (Lipinski definition) is 2. The number of carbonyl (C=O) groups is 1. The summed E-state index contributed by atoms with van der Waals surface area (Å²) < 4.78 is 0. The molecule has 0 unspecified atom stereocenters. The van der Waals surface area contributed by atoms with Gasteiger partial charge in [-0.25, -0.2) is 0 Å². The molecule has 4 heteroatoms. The minimum atomic E-state index is -0.0871. The summed E-state index contributed by atoms with van der Waals surface area (Å²) >= 11 is 1.81. The minimum absolute atomic E-state index is 0.0721. The van der Waals surface area contributed by atoms with Crippen LogP contribution >= 0.6 is 11.8 Å². The average Bonchev–Trinajstić information content (AvgIpc) is 2.31. The topological polar surface area (TPSA) is 55.1 Å². The van der Waals surface area contributed by atoms with Gasteiger partial charge >= 0.3 is 0 Å². The first-order valence-electron chi connectivity index (χ1n) is 5.32. The molecule has 0 saturated heterocycles. The Morgan fingerprint density at radius 3 is 2.69 bits per heavy atom. The van der Waals surface area contributed by atoms with Crippen LogP contribution in [0.4, 0.5) is 0 Å². The molecular weight excluding hydrogens is 220 g/mol. The maximum absolute atomic E-state index is 10.8. The van der Waals surface area contributed by atoms with E-state index in [-0.39, 0.29) is 12.5 Å². The maximum atomic E-state index is 10.8. The number of hydrogen-bond acceptors (Lipinski definition) is 3. The van der Waals surface area contributed by atoms with E-state index in [1.165, 1.54) is 11.1 Å². The lowest BCUT2D eigenvalue weighted by molar-refractivity contribution is -0.119. The predicted octanol–water partition coefficient (Wildman–Crippen LogP) is 1.30. The van der Waals surface area contributed by atoms with Gasteiger partial charge in [-0.3, -0.25) is 4.79 Å². The summed E-state index contributed by atoms with van der Waals surface area (Å²) in [6.07, 6.45) is 0. The summed E-state index contributed by atoms with van der Waals surface area (Å²) in [5.41, 5.74) is 7.77. The van der Waals surface area contributed by atoms with E-state index in [9.17, 15) is 4.79 Å². The third-order valence-electron chi connectivity index (χ3n) is 2.14. The lowest BCUT2D eigenvalue weighted by Gasteiger charge is -2.04. The lowest BCUT2D eigenvalue weighted by Crippen LogP contribution is -2.31. The second-order valence-electron chi connectivity index (χ2n) is 3.59. The van der Waals surface area contributed by atoms with Crippen molar-refractivity contribution in [2.24, 2.45) is 5.73 Å². The monoisotopic (exact) mass is 238 g/mol. The van der Waals surface area contributed by atoms with Gasteiger partial charge in [0, 0.05) is 18.1 Å². The molecule has 0 heterocycles. The first kappa shape index (κ1) is 13.1. The summed E-state index contributed by atoms with van der Waals surface area (Å²) in [5.74, 6) is 1.81. The number of benzene rings is 1. The zero-order valence-electron chi connectivity index (χ0n) is 9.53. The van der Waals surface area contributed by atoms with Gasteiger partial charge in [0.05, 0.1) is 6.54 Å². The van der Waals surface area contributed by atoms with Gasteiger partial charge in [-0.2, -0.15) is 11.8 Å². The molecule has 1 amide bonds. The smallest absolute Gasteiger partial charge is 0.233 e. The van der Waals surface area contributed by atoms with Crippen LogP contribution in [-0.4, -0.2) is 24.7 Å². The molecule has 0 atom stereocenters. The van der Waals surface area contributed by atoms with Gasteiger partial charge in [0.15, 0.2) is 0 Å². The molecule has 3 N–H and O–H groups in total. The molecule has 1 aromatic rings. The highest BCUT2D eigenvalue weighted by atomic mass is 32.2. The fourth-order valence-corrected chi connectivity index (χ4v) is 2.03. The lowest BCUT2D eigenvalue weighted by atomic mass is 10.2. The van der Waals surface area contributed by atoms with Crippen molar-refractivity contribution >= 4 is 17.7 Å². The van der Waals surface area contributed by atoms with Crippen molar-refractivity contribution in [3.05, 3.63) is 35.4 Å². The van der Waals surface area contributed by atoms with Crippen LogP contribution in [0.1, 0.15) is 11.1 Å². The maximum Gasteiger partial charge on any atom is 0.233 e. The molecule has 0 aliphatic heterocycles. The summed E-state index contributed by atoms with van der Waals surface area (Å²) in [4.78, 5) is 10.8. The number of aryl methyl sites for hydroxylation is 1. The van der Waals surface area contributed by atoms with Crippen molar-refractivity contribution in [2.45, 2.75) is 12.7 Å². The second kappa shape index (κ2) is 7.30. The third kappa shape index (κ3) is 5.19. The van der Waals surface area contributed by atoms with E-state index >= 15 is 0 Å². The Morgan fingerprint density at radius 1 is 1.38 bits per heavy atom. The number of nitrogens with two attached hydrogens (primary N) is 1. The molecule has 3 nitrogen and oxygen atoms in total. The Hall–Kier alpha value is -1.00. The van der Waals surface area contributed by atoms with E-state index in [0.717, 1.165) is 11.5 Å². The van der Waals surface area contributed by atoms with Crippen LogP contribution in [-0.2, 0) is 10.5 Å². The number of rotatable bonds is 6. The van der Waals surface area contributed by atoms with E-state index < -0.39 is 0 Å². The van der Waals surface area contributed by atoms with Crippen molar-refractivity contribution in [3.63, 3.8) is 0 Å². The van der Waals surface area contributed by atoms with Crippen LogP contribution in [0.3, 0.4) is 0 Å². The molecule has 1 aromatic carbocycles. The summed E-state index contributed by atoms with van der Waals surface area (Å²) in [6, 6.07) is 8.51. The summed E-state index contributed by atoms with van der Waals surface area (Å²) in [5, 5.41) is 2.74. The zero-order chi connectivity index (χ0) is 11.8. The average molecular weight is 238 g/mol. The third-order valence-corrected chi connectivity index (χ3v) is 3.17. The van der Waals surface area contributed by atoms with Gasteiger partial charge in [-0.1, -0.05) is 29.8 Å². The molecule has 0 aliphatic carbocycles. The number of amides is 1. The van der Waals surface area contributed by atoms with Crippen molar-refractivity contribution in [1.29, 1.82) is 0 Å². The van der Waals surface area contributed by atoms with Crippen molar-refractivity contribution < 1.29 is 4.79 Å². The molecule has 0 fully saturated rings. The Labute approximate surface area is 101 Å². The SMILES string of the molecule is Cc1ccc(CSCCNC(=O)CN)cc1. The molecule has 88 valence electrons. The highest BCUT2D eigenvalue weighted by Gasteiger charge is 1.96. The predicted molar refractivity (Wildman–Crippen MR) is 69.4 cm³/mol. The van der Waals surface area contributed by atoms with Crippen LogP contribution in [0, 0.1) is 6.92 Å². The first-order chi connectivity index (χ1) is 7.72.